The molecule has 4 nitrogen and oxygen atoms in total. The second-order valence-electron chi connectivity index (χ2n) is 5.17. The molecule has 3 rings (SSSR count). The summed E-state index contributed by atoms with van der Waals surface area (Å²) in [6, 6.07) is 13.9. The van der Waals surface area contributed by atoms with Crippen LogP contribution >= 0.6 is 0 Å². The Labute approximate surface area is 123 Å². The van der Waals surface area contributed by atoms with E-state index in [-0.39, 0.29) is 0 Å². The summed E-state index contributed by atoms with van der Waals surface area (Å²) in [5, 5.41) is 12.2. The maximum atomic E-state index is 10.8. The number of fused-ring (bicyclic) bond motifs is 1. The van der Waals surface area contributed by atoms with Crippen LogP contribution in [0, 0.1) is 0 Å². The van der Waals surface area contributed by atoms with Crippen molar-refractivity contribution >= 4 is 11.7 Å². The number of anilines is 1. The van der Waals surface area contributed by atoms with Crippen LogP contribution in [0.25, 0.3) is 11.1 Å². The lowest BCUT2D eigenvalue weighted by molar-refractivity contribution is -0.144. The Balaban J connectivity index is 1.79. The van der Waals surface area contributed by atoms with Crippen molar-refractivity contribution in [1.82, 2.24) is 0 Å². The second kappa shape index (κ2) is 5.48. The molecule has 0 saturated heterocycles. The lowest BCUT2D eigenvalue weighted by atomic mass is 10.0. The van der Waals surface area contributed by atoms with E-state index in [9.17, 15) is 4.79 Å². The molecule has 1 unspecified atom stereocenters. The molecular weight excluding hydrogens is 266 g/mol. The summed E-state index contributed by atoms with van der Waals surface area (Å²) in [6.07, 6.45) is 0.211. The van der Waals surface area contributed by atoms with Gasteiger partial charge in [0.05, 0.1) is 0 Å². The maximum Gasteiger partial charge on any atom is 0.344 e. The first-order valence-corrected chi connectivity index (χ1v) is 7.00. The van der Waals surface area contributed by atoms with Gasteiger partial charge in [-0.15, -0.1) is 0 Å². The van der Waals surface area contributed by atoms with Crippen molar-refractivity contribution in [3.8, 4) is 16.9 Å². The van der Waals surface area contributed by atoms with E-state index in [1.807, 2.05) is 12.1 Å². The monoisotopic (exact) mass is 283 g/mol. The number of aliphatic carboxylic acids is 1. The number of hydrogen-bond acceptors (Lipinski definition) is 3. The minimum absolute atomic E-state index is 0.566. The Morgan fingerprint density at radius 2 is 1.90 bits per heavy atom. The standard InChI is InChI=1S/C17H17NO3/c1-11(17(19)20)21-15-5-2-12(3-6-15)13-4-7-16-14(10-13)8-9-18-16/h2-7,10-11,18H,8-9H2,1H3,(H,19,20). The molecule has 1 heterocycles. The number of ether oxygens (including phenoxy) is 1. The molecular formula is C17H17NO3. The summed E-state index contributed by atoms with van der Waals surface area (Å²) in [5.41, 5.74) is 4.82. The van der Waals surface area contributed by atoms with Crippen LogP contribution in [0.3, 0.4) is 0 Å². The SMILES string of the molecule is CC(Oc1ccc(-c2ccc3c(c2)CCN3)cc1)C(=O)O. The molecule has 108 valence electrons. The molecule has 1 aliphatic rings. The van der Waals surface area contributed by atoms with Gasteiger partial charge in [-0.05, 0) is 54.3 Å². The average molecular weight is 283 g/mol. The number of carboxylic acid groups (broad SMARTS) is 1. The van der Waals surface area contributed by atoms with Crippen molar-refractivity contribution in [2.75, 3.05) is 11.9 Å². The van der Waals surface area contributed by atoms with Crippen LogP contribution in [0.4, 0.5) is 5.69 Å². The van der Waals surface area contributed by atoms with Crippen LogP contribution < -0.4 is 10.1 Å². The molecule has 0 bridgehead atoms. The van der Waals surface area contributed by atoms with Crippen LogP contribution in [0.15, 0.2) is 42.5 Å². The molecule has 0 saturated carbocycles. The Hall–Kier alpha value is -2.49. The van der Waals surface area contributed by atoms with Gasteiger partial charge in [-0.1, -0.05) is 18.2 Å². The molecule has 0 aliphatic carbocycles. The highest BCUT2D eigenvalue weighted by atomic mass is 16.5. The summed E-state index contributed by atoms with van der Waals surface area (Å²) in [4.78, 5) is 10.8. The van der Waals surface area contributed by atoms with Gasteiger partial charge in [-0.25, -0.2) is 4.79 Å². The Kier molecular flexibility index (Phi) is 3.52. The van der Waals surface area contributed by atoms with Crippen LogP contribution in [0.2, 0.25) is 0 Å². The van der Waals surface area contributed by atoms with Gasteiger partial charge < -0.3 is 15.2 Å². The molecule has 2 aromatic carbocycles. The summed E-state index contributed by atoms with van der Waals surface area (Å²) in [7, 11) is 0. The van der Waals surface area contributed by atoms with Gasteiger partial charge in [0.1, 0.15) is 5.75 Å². The third kappa shape index (κ3) is 2.84. The summed E-state index contributed by atoms with van der Waals surface area (Å²) in [6.45, 7) is 2.52. The summed E-state index contributed by atoms with van der Waals surface area (Å²) in [5.74, 6) is -0.401. The van der Waals surface area contributed by atoms with Crippen molar-refractivity contribution in [2.45, 2.75) is 19.4 Å². The molecule has 0 spiro atoms. The molecule has 0 radical (unpaired) electrons. The van der Waals surface area contributed by atoms with Crippen molar-refractivity contribution in [1.29, 1.82) is 0 Å². The van der Waals surface area contributed by atoms with Crippen molar-refractivity contribution in [3.63, 3.8) is 0 Å². The van der Waals surface area contributed by atoms with Gasteiger partial charge in [0.15, 0.2) is 6.10 Å². The van der Waals surface area contributed by atoms with Gasteiger partial charge in [0, 0.05) is 12.2 Å². The molecule has 2 aromatic rings. The molecule has 4 heteroatoms. The number of carboxylic acids is 1. The molecule has 2 N–H and O–H groups in total. The number of benzene rings is 2. The van der Waals surface area contributed by atoms with E-state index in [0.29, 0.717) is 5.75 Å². The zero-order valence-electron chi connectivity index (χ0n) is 11.8. The Bertz CT molecular complexity index is 664. The van der Waals surface area contributed by atoms with Gasteiger partial charge >= 0.3 is 5.97 Å². The van der Waals surface area contributed by atoms with E-state index in [4.69, 9.17) is 9.84 Å². The normalized spacial score (nSPS) is 14.1. The van der Waals surface area contributed by atoms with E-state index in [1.54, 1.807) is 12.1 Å². The fourth-order valence-corrected chi connectivity index (χ4v) is 2.46. The van der Waals surface area contributed by atoms with Crippen LogP contribution in [-0.4, -0.2) is 23.7 Å². The van der Waals surface area contributed by atoms with Gasteiger partial charge in [0.25, 0.3) is 0 Å². The number of rotatable bonds is 4. The zero-order valence-corrected chi connectivity index (χ0v) is 11.8. The van der Waals surface area contributed by atoms with Crippen LogP contribution in [-0.2, 0) is 11.2 Å². The third-order valence-corrected chi connectivity index (χ3v) is 3.66. The molecule has 0 fully saturated rings. The first kappa shape index (κ1) is 13.5. The number of carbonyl (C=O) groups is 1. The first-order valence-electron chi connectivity index (χ1n) is 7.00. The third-order valence-electron chi connectivity index (χ3n) is 3.66. The summed E-state index contributed by atoms with van der Waals surface area (Å²) < 4.78 is 5.33. The fraction of sp³-hybridized carbons (Fsp3) is 0.235. The predicted octanol–water partition coefficient (Wildman–Crippen LogP) is 3.17. The van der Waals surface area contributed by atoms with Crippen LogP contribution in [0.5, 0.6) is 5.75 Å². The van der Waals surface area contributed by atoms with E-state index >= 15 is 0 Å². The molecule has 0 aromatic heterocycles. The predicted molar refractivity (Wildman–Crippen MR) is 81.8 cm³/mol. The van der Waals surface area contributed by atoms with Crippen molar-refractivity contribution in [2.24, 2.45) is 0 Å². The molecule has 1 aliphatic heterocycles. The van der Waals surface area contributed by atoms with Gasteiger partial charge in [-0.2, -0.15) is 0 Å². The van der Waals surface area contributed by atoms with E-state index < -0.39 is 12.1 Å². The molecule has 21 heavy (non-hydrogen) atoms. The zero-order chi connectivity index (χ0) is 14.8. The molecule has 0 amide bonds. The quantitative estimate of drug-likeness (QED) is 0.905. The minimum Gasteiger partial charge on any atom is -0.479 e. The minimum atomic E-state index is -0.967. The summed E-state index contributed by atoms with van der Waals surface area (Å²) >= 11 is 0. The van der Waals surface area contributed by atoms with Crippen LogP contribution in [0.1, 0.15) is 12.5 Å². The largest absolute Gasteiger partial charge is 0.479 e. The Morgan fingerprint density at radius 3 is 2.62 bits per heavy atom. The van der Waals surface area contributed by atoms with E-state index in [0.717, 1.165) is 24.1 Å². The molecule has 1 atom stereocenters. The van der Waals surface area contributed by atoms with Gasteiger partial charge in [-0.3, -0.25) is 0 Å². The highest BCUT2D eigenvalue weighted by Crippen LogP contribution is 2.29. The highest BCUT2D eigenvalue weighted by molar-refractivity contribution is 5.72. The second-order valence-corrected chi connectivity index (χ2v) is 5.17. The average Bonchev–Trinajstić information content (AvgIpc) is 2.95. The maximum absolute atomic E-state index is 10.8. The topological polar surface area (TPSA) is 58.6 Å². The van der Waals surface area contributed by atoms with Crippen molar-refractivity contribution < 1.29 is 14.6 Å². The number of nitrogens with one attached hydrogen (secondary N) is 1. The first-order chi connectivity index (χ1) is 10.1. The Morgan fingerprint density at radius 1 is 1.19 bits per heavy atom. The highest BCUT2D eigenvalue weighted by Gasteiger charge is 2.13. The smallest absolute Gasteiger partial charge is 0.344 e. The van der Waals surface area contributed by atoms with Crippen molar-refractivity contribution in [3.05, 3.63) is 48.0 Å². The van der Waals surface area contributed by atoms with E-state index in [2.05, 4.69) is 23.5 Å². The number of hydrogen-bond donors (Lipinski definition) is 2. The van der Waals surface area contributed by atoms with E-state index in [1.165, 1.54) is 18.2 Å². The lowest BCUT2D eigenvalue weighted by Gasteiger charge is -2.11. The lowest BCUT2D eigenvalue weighted by Crippen LogP contribution is -2.22. The van der Waals surface area contributed by atoms with Gasteiger partial charge in [0.2, 0.25) is 0 Å². The fourth-order valence-electron chi connectivity index (χ4n) is 2.46.